The van der Waals surface area contributed by atoms with Gasteiger partial charge in [-0.05, 0) is 79.1 Å². The maximum absolute atomic E-state index is 13.8. The molecule has 2 aromatic carbocycles. The molecule has 6 rings (SSSR count). The number of esters is 1. The van der Waals surface area contributed by atoms with Crippen LogP contribution in [0, 0.1) is 11.8 Å². The molecule has 7 amide bonds. The van der Waals surface area contributed by atoms with Crippen LogP contribution in [-0.2, 0) is 65.2 Å². The molecule has 0 aliphatic carbocycles. The van der Waals surface area contributed by atoms with Crippen molar-refractivity contribution in [2.75, 3.05) is 39.0 Å². The molecular weight excluding hydrogens is 983 g/mol. The van der Waals surface area contributed by atoms with Crippen LogP contribution >= 0.6 is 0 Å². The standard InChI is InChI=1S/C54H67N9O13/c1-9-12-35-36-25-34(18-19-40(36)58-46-37(35)27-63-42(46)26-39-38(49(63)68)29-74-50(69)54(39,73)10-2)76-53(72)62(8)24-23-61(7)52(71)75-28-32-14-16-33(17-15-32)57-47(66)41(13-11-22-56-51(55)70)59-48(67)45(31(5)6)60-44(65)21-20-43(64)30(3)4/h9,14-19,25-26,30-31,41,45,73H,1,10-13,20-24,27-29H2,2-8H3,(H,57,66)(H,59,67)(H,60,65)(H3,55,56,70)/t41-,45-,54-/m0/s1. The number of nitrogens with one attached hydrogen (secondary N) is 4. The number of aliphatic hydroxyl groups is 1. The SMILES string of the molecule is C=CCc1c2c(nc3ccc(OC(=O)N(C)CCN(C)C(=O)OCc4ccc(NC(=O)[C@H](CCCNC(N)=O)NC(=O)[C@@H](NC(=O)CCC(=O)C(C)C)C(C)C)cc4)cc13)-c1cc3c(c(=O)n1C2)COC(=O)[C@]3(O)CC. The van der Waals surface area contributed by atoms with Gasteiger partial charge in [-0.3, -0.25) is 24.0 Å². The molecule has 2 aromatic heterocycles. The summed E-state index contributed by atoms with van der Waals surface area (Å²) in [5, 5.41) is 22.6. The van der Waals surface area contributed by atoms with E-state index in [-0.39, 0.29) is 112 Å². The number of aromatic nitrogens is 2. The number of urea groups is 1. The molecule has 4 heterocycles. The van der Waals surface area contributed by atoms with Gasteiger partial charge in [-0.15, -0.1) is 6.58 Å². The zero-order chi connectivity index (χ0) is 55.6. The average molecular weight is 1050 g/mol. The maximum atomic E-state index is 13.8. The van der Waals surface area contributed by atoms with Crippen LogP contribution in [0.15, 0.2) is 66.0 Å². The smallest absolute Gasteiger partial charge is 0.415 e. The molecular formula is C54H67N9O13. The van der Waals surface area contributed by atoms with E-state index in [1.807, 2.05) is 0 Å². The molecule has 0 saturated heterocycles. The third-order valence-corrected chi connectivity index (χ3v) is 13.4. The van der Waals surface area contributed by atoms with Crippen molar-refractivity contribution < 1.29 is 57.7 Å². The molecule has 0 radical (unpaired) electrons. The number of anilines is 1. The van der Waals surface area contributed by atoms with Crippen LogP contribution in [0.2, 0.25) is 0 Å². The van der Waals surface area contributed by atoms with Crippen molar-refractivity contribution in [1.29, 1.82) is 0 Å². The van der Waals surface area contributed by atoms with Crippen LogP contribution in [0.25, 0.3) is 22.3 Å². The second kappa shape index (κ2) is 24.9. The quantitative estimate of drug-likeness (QED) is 0.0298. The molecule has 0 fully saturated rings. The van der Waals surface area contributed by atoms with E-state index in [0.29, 0.717) is 40.0 Å². The fourth-order valence-corrected chi connectivity index (χ4v) is 8.77. The molecule has 4 aromatic rings. The Morgan fingerprint density at radius 2 is 1.63 bits per heavy atom. The Bertz CT molecular complexity index is 2970. The molecule has 76 heavy (non-hydrogen) atoms. The molecule has 22 heteroatoms. The molecule has 0 bridgehead atoms. The Morgan fingerprint density at radius 1 is 0.934 bits per heavy atom. The van der Waals surface area contributed by atoms with Gasteiger partial charge >= 0.3 is 24.2 Å². The highest BCUT2D eigenvalue weighted by atomic mass is 16.6. The van der Waals surface area contributed by atoms with Crippen molar-refractivity contribution >= 4 is 64.3 Å². The van der Waals surface area contributed by atoms with E-state index in [1.165, 1.54) is 23.9 Å². The first kappa shape index (κ1) is 57.1. The van der Waals surface area contributed by atoms with E-state index in [2.05, 4.69) is 27.8 Å². The molecule has 2 aliphatic heterocycles. The van der Waals surface area contributed by atoms with Crippen molar-refractivity contribution in [3.63, 3.8) is 0 Å². The fraction of sp³-hybridized carbons (Fsp3) is 0.444. The largest absolute Gasteiger partial charge is 0.458 e. The normalized spacial score (nSPS) is 15.1. The summed E-state index contributed by atoms with van der Waals surface area (Å²) in [6.45, 7) is 12.7. The second-order valence-electron chi connectivity index (χ2n) is 19.5. The number of primary amides is 1. The highest BCUT2D eigenvalue weighted by Gasteiger charge is 2.45. The lowest BCUT2D eigenvalue weighted by molar-refractivity contribution is -0.172. The summed E-state index contributed by atoms with van der Waals surface area (Å²) in [4.78, 5) is 123. The van der Waals surface area contributed by atoms with Gasteiger partial charge in [0.1, 0.15) is 36.8 Å². The second-order valence-corrected chi connectivity index (χ2v) is 19.5. The number of cyclic esters (lactones) is 1. The van der Waals surface area contributed by atoms with Crippen molar-refractivity contribution in [3.8, 4) is 17.1 Å². The van der Waals surface area contributed by atoms with E-state index in [9.17, 15) is 48.3 Å². The number of carbonyl (C=O) groups is 8. The number of allylic oxidation sites excluding steroid dienone is 1. The number of carbonyl (C=O) groups excluding carboxylic acids is 8. The average Bonchev–Trinajstić information content (AvgIpc) is 3.85. The van der Waals surface area contributed by atoms with Crippen LogP contribution < -0.4 is 37.3 Å². The minimum absolute atomic E-state index is 0.0151. The van der Waals surface area contributed by atoms with Gasteiger partial charge in [0.2, 0.25) is 17.7 Å². The molecule has 0 unspecified atom stereocenters. The number of amides is 7. The number of ketones is 1. The monoisotopic (exact) mass is 1050 g/mol. The summed E-state index contributed by atoms with van der Waals surface area (Å²) < 4.78 is 18.0. The summed E-state index contributed by atoms with van der Waals surface area (Å²) in [6.07, 6.45) is 1.11. The Kier molecular flexibility index (Phi) is 18.7. The maximum Gasteiger partial charge on any atom is 0.415 e. The van der Waals surface area contributed by atoms with Crippen molar-refractivity contribution in [2.24, 2.45) is 17.6 Å². The Hall–Kier alpha value is -8.14. The molecule has 0 saturated carbocycles. The number of hydrogen-bond acceptors (Lipinski definition) is 14. The third-order valence-electron chi connectivity index (χ3n) is 13.4. The first-order chi connectivity index (χ1) is 36.1. The number of fused-ring (bicyclic) bond motifs is 5. The van der Waals surface area contributed by atoms with Gasteiger partial charge in [0.15, 0.2) is 5.60 Å². The summed E-state index contributed by atoms with van der Waals surface area (Å²) in [6, 6.07) is 10.3. The van der Waals surface area contributed by atoms with Crippen molar-refractivity contribution in [2.45, 2.75) is 111 Å². The third kappa shape index (κ3) is 13.4. The van der Waals surface area contributed by atoms with Gasteiger partial charge in [0.25, 0.3) is 5.56 Å². The first-order valence-electron chi connectivity index (χ1n) is 25.2. The molecule has 0 spiro atoms. The topological polar surface area (TPSA) is 300 Å². The van der Waals surface area contributed by atoms with Crippen molar-refractivity contribution in [1.82, 2.24) is 35.3 Å². The fourth-order valence-electron chi connectivity index (χ4n) is 8.77. The van der Waals surface area contributed by atoms with Gasteiger partial charge in [-0.2, -0.15) is 0 Å². The number of rotatable bonds is 23. The van der Waals surface area contributed by atoms with E-state index in [0.717, 1.165) is 11.1 Å². The molecule has 22 nitrogen and oxygen atoms in total. The predicted octanol–water partition coefficient (Wildman–Crippen LogP) is 4.53. The van der Waals surface area contributed by atoms with E-state index < -0.39 is 59.6 Å². The number of likely N-dealkylation sites (N-methyl/N-ethyl adjacent to an activating group) is 2. The zero-order valence-electron chi connectivity index (χ0n) is 43.9. The van der Waals surface area contributed by atoms with Gasteiger partial charge in [0, 0.05) is 74.7 Å². The molecule has 406 valence electrons. The van der Waals surface area contributed by atoms with E-state index in [4.69, 9.17) is 24.9 Å². The minimum Gasteiger partial charge on any atom is -0.458 e. The highest BCUT2D eigenvalue weighted by molar-refractivity contribution is 5.99. The number of Topliss-reactive ketones (excluding diaryl/α,β-unsaturated/α-hetero) is 1. The van der Waals surface area contributed by atoms with E-state index >= 15 is 0 Å². The van der Waals surface area contributed by atoms with E-state index in [1.54, 1.807) is 93.8 Å². The molecule has 3 atom stereocenters. The van der Waals surface area contributed by atoms with Gasteiger partial charge in [-0.25, -0.2) is 24.2 Å². The highest BCUT2D eigenvalue weighted by Crippen LogP contribution is 2.41. The number of nitrogens with two attached hydrogens (primary N) is 1. The summed E-state index contributed by atoms with van der Waals surface area (Å²) in [7, 11) is 3.04. The van der Waals surface area contributed by atoms with Crippen LogP contribution in [0.4, 0.5) is 20.1 Å². The van der Waals surface area contributed by atoms with Gasteiger partial charge < -0.3 is 60.7 Å². The lowest BCUT2D eigenvalue weighted by Gasteiger charge is -2.31. The van der Waals surface area contributed by atoms with Crippen LogP contribution in [-0.4, -0.2) is 118 Å². The van der Waals surface area contributed by atoms with Crippen LogP contribution in [0.1, 0.15) is 94.5 Å². The lowest BCUT2D eigenvalue weighted by Crippen LogP contribution is -2.54. The number of pyridine rings is 2. The minimum atomic E-state index is -1.96. The van der Waals surface area contributed by atoms with Crippen molar-refractivity contribution in [3.05, 3.63) is 99.4 Å². The summed E-state index contributed by atoms with van der Waals surface area (Å²) >= 11 is 0. The zero-order valence-corrected chi connectivity index (χ0v) is 43.9. The summed E-state index contributed by atoms with van der Waals surface area (Å²) in [5.41, 5.74) is 7.35. The Balaban J connectivity index is 1.01. The molecule has 2 aliphatic rings. The number of benzene rings is 2. The lowest BCUT2D eigenvalue weighted by atomic mass is 9.86. The number of hydrogen-bond donors (Lipinski definition) is 6. The molecule has 7 N–H and O–H groups in total. The van der Waals surface area contributed by atoms with Gasteiger partial charge in [0.05, 0.1) is 29.0 Å². The van der Waals surface area contributed by atoms with Crippen LogP contribution in [0.3, 0.4) is 0 Å². The Morgan fingerprint density at radius 3 is 2.28 bits per heavy atom. The predicted molar refractivity (Wildman–Crippen MR) is 280 cm³/mol. The number of ether oxygens (including phenoxy) is 3. The van der Waals surface area contributed by atoms with Gasteiger partial charge in [-0.1, -0.05) is 52.8 Å². The van der Waals surface area contributed by atoms with Crippen LogP contribution in [0.5, 0.6) is 5.75 Å². The Labute approximate surface area is 439 Å². The summed E-state index contributed by atoms with van der Waals surface area (Å²) in [5.74, 6) is -2.88. The first-order valence-corrected chi connectivity index (χ1v) is 25.2. The number of nitrogens with zero attached hydrogens (tertiary/aromatic N) is 4.